The lowest BCUT2D eigenvalue weighted by atomic mass is 10.1. The first kappa shape index (κ1) is 11.9. The number of hydrogen-bond donors (Lipinski definition) is 1. The van der Waals surface area contributed by atoms with Crippen LogP contribution in [-0.4, -0.2) is 28.1 Å². The molecule has 5 heteroatoms. The molecule has 4 nitrogen and oxygen atoms in total. The second kappa shape index (κ2) is 5.20. The fraction of sp³-hybridized carbons (Fsp3) is 0.385. The van der Waals surface area contributed by atoms with Gasteiger partial charge < -0.3 is 5.32 Å². The molecule has 1 N–H and O–H groups in total. The smallest absolute Gasteiger partial charge is 0.0885 e. The molecule has 1 aromatic heterocycles. The Labute approximate surface area is 115 Å². The van der Waals surface area contributed by atoms with E-state index in [0.717, 1.165) is 35.4 Å². The highest BCUT2D eigenvalue weighted by molar-refractivity contribution is 9.10. The molecule has 0 spiro atoms. The van der Waals surface area contributed by atoms with Crippen molar-refractivity contribution in [3.05, 3.63) is 34.9 Å². The molecule has 1 aliphatic heterocycles. The number of halogens is 1. The van der Waals surface area contributed by atoms with E-state index in [0.29, 0.717) is 5.92 Å². The second-order valence-electron chi connectivity index (χ2n) is 4.67. The molecule has 1 fully saturated rings. The van der Waals surface area contributed by atoms with Crippen LogP contribution in [0.3, 0.4) is 0 Å². The maximum Gasteiger partial charge on any atom is 0.0885 e. The standard InChI is InChI=1S/C13H15BrN4/c14-12-3-1-11(2-4-12)13-8-16-17-18(13)9-10-5-6-15-7-10/h1-4,8,10,15H,5-7,9H2. The van der Waals surface area contributed by atoms with Crippen LogP contribution in [0.2, 0.25) is 0 Å². The lowest BCUT2D eigenvalue weighted by molar-refractivity contribution is 0.444. The van der Waals surface area contributed by atoms with Crippen molar-refractivity contribution in [1.29, 1.82) is 0 Å². The van der Waals surface area contributed by atoms with Crippen LogP contribution < -0.4 is 5.32 Å². The monoisotopic (exact) mass is 306 g/mol. The van der Waals surface area contributed by atoms with Crippen LogP contribution in [0.25, 0.3) is 11.3 Å². The van der Waals surface area contributed by atoms with Crippen molar-refractivity contribution in [2.75, 3.05) is 13.1 Å². The number of nitrogens with zero attached hydrogens (tertiary/aromatic N) is 3. The highest BCUT2D eigenvalue weighted by Crippen LogP contribution is 2.22. The van der Waals surface area contributed by atoms with Gasteiger partial charge in [0.1, 0.15) is 0 Å². The van der Waals surface area contributed by atoms with Gasteiger partial charge in [-0.25, -0.2) is 4.68 Å². The molecule has 2 aromatic rings. The minimum absolute atomic E-state index is 0.667. The van der Waals surface area contributed by atoms with Crippen molar-refractivity contribution < 1.29 is 0 Å². The maximum absolute atomic E-state index is 4.21. The molecule has 18 heavy (non-hydrogen) atoms. The van der Waals surface area contributed by atoms with Crippen molar-refractivity contribution in [3.8, 4) is 11.3 Å². The summed E-state index contributed by atoms with van der Waals surface area (Å²) in [6.07, 6.45) is 3.06. The molecule has 1 aromatic carbocycles. The molecule has 1 atom stereocenters. The van der Waals surface area contributed by atoms with Gasteiger partial charge >= 0.3 is 0 Å². The average Bonchev–Trinajstić information content (AvgIpc) is 3.02. The Kier molecular flexibility index (Phi) is 3.43. The van der Waals surface area contributed by atoms with Gasteiger partial charge in [0, 0.05) is 16.6 Å². The third kappa shape index (κ3) is 2.47. The second-order valence-corrected chi connectivity index (χ2v) is 5.58. The van der Waals surface area contributed by atoms with Crippen molar-refractivity contribution >= 4 is 15.9 Å². The van der Waals surface area contributed by atoms with E-state index in [2.05, 4.69) is 43.7 Å². The highest BCUT2D eigenvalue weighted by Gasteiger charge is 2.17. The highest BCUT2D eigenvalue weighted by atomic mass is 79.9. The Balaban J connectivity index is 1.84. The van der Waals surface area contributed by atoms with Crippen LogP contribution in [0, 0.1) is 5.92 Å². The fourth-order valence-corrected chi connectivity index (χ4v) is 2.62. The van der Waals surface area contributed by atoms with Crippen molar-refractivity contribution in [2.24, 2.45) is 5.92 Å². The van der Waals surface area contributed by atoms with Gasteiger partial charge in [0.15, 0.2) is 0 Å². The number of rotatable bonds is 3. The lowest BCUT2D eigenvalue weighted by Gasteiger charge is -2.10. The zero-order valence-electron chi connectivity index (χ0n) is 10.0. The van der Waals surface area contributed by atoms with Crippen molar-refractivity contribution in [3.63, 3.8) is 0 Å². The molecule has 1 saturated heterocycles. The molecule has 0 amide bonds. The van der Waals surface area contributed by atoms with E-state index in [4.69, 9.17) is 0 Å². The minimum Gasteiger partial charge on any atom is -0.316 e. The summed E-state index contributed by atoms with van der Waals surface area (Å²) < 4.78 is 3.10. The van der Waals surface area contributed by atoms with Gasteiger partial charge in [-0.3, -0.25) is 0 Å². The molecule has 0 radical (unpaired) electrons. The van der Waals surface area contributed by atoms with Gasteiger partial charge in [0.05, 0.1) is 11.9 Å². The fourth-order valence-electron chi connectivity index (χ4n) is 2.35. The number of hydrogen-bond acceptors (Lipinski definition) is 3. The van der Waals surface area contributed by atoms with Crippen molar-refractivity contribution in [1.82, 2.24) is 20.3 Å². The van der Waals surface area contributed by atoms with E-state index in [1.807, 2.05) is 23.0 Å². The zero-order valence-corrected chi connectivity index (χ0v) is 11.6. The Morgan fingerprint density at radius 3 is 2.89 bits per heavy atom. The van der Waals surface area contributed by atoms with E-state index in [1.54, 1.807) is 0 Å². The molecular formula is C13H15BrN4. The van der Waals surface area contributed by atoms with Gasteiger partial charge in [-0.1, -0.05) is 33.3 Å². The van der Waals surface area contributed by atoms with Gasteiger partial charge in [0.2, 0.25) is 0 Å². The molecular weight excluding hydrogens is 292 g/mol. The Hall–Kier alpha value is -1.20. The van der Waals surface area contributed by atoms with Crippen LogP contribution in [0.15, 0.2) is 34.9 Å². The average molecular weight is 307 g/mol. The molecule has 2 heterocycles. The Morgan fingerprint density at radius 2 is 2.17 bits per heavy atom. The summed E-state index contributed by atoms with van der Waals surface area (Å²) in [4.78, 5) is 0. The topological polar surface area (TPSA) is 42.7 Å². The first-order chi connectivity index (χ1) is 8.83. The number of nitrogens with one attached hydrogen (secondary N) is 1. The third-order valence-corrected chi connectivity index (χ3v) is 3.88. The van der Waals surface area contributed by atoms with Gasteiger partial charge in [-0.15, -0.1) is 5.10 Å². The largest absolute Gasteiger partial charge is 0.316 e. The summed E-state index contributed by atoms with van der Waals surface area (Å²) in [5.74, 6) is 0.667. The molecule has 94 valence electrons. The molecule has 1 unspecified atom stereocenters. The van der Waals surface area contributed by atoms with Crippen molar-refractivity contribution in [2.45, 2.75) is 13.0 Å². The molecule has 0 aliphatic carbocycles. The first-order valence-electron chi connectivity index (χ1n) is 6.18. The lowest BCUT2D eigenvalue weighted by Crippen LogP contribution is -2.16. The van der Waals surface area contributed by atoms with Crippen LogP contribution in [0.5, 0.6) is 0 Å². The van der Waals surface area contributed by atoms with Gasteiger partial charge in [0.25, 0.3) is 0 Å². The SMILES string of the molecule is Brc1ccc(-c2cnnn2CC2CCNC2)cc1. The quantitative estimate of drug-likeness (QED) is 0.946. The summed E-state index contributed by atoms with van der Waals surface area (Å²) >= 11 is 3.45. The van der Waals surface area contributed by atoms with Gasteiger partial charge in [-0.2, -0.15) is 0 Å². The summed E-state index contributed by atoms with van der Waals surface area (Å²) in [7, 11) is 0. The Bertz CT molecular complexity index is 514. The summed E-state index contributed by atoms with van der Waals surface area (Å²) in [6.45, 7) is 3.14. The number of aromatic nitrogens is 3. The van der Waals surface area contributed by atoms with Crippen LogP contribution >= 0.6 is 15.9 Å². The zero-order chi connectivity index (χ0) is 12.4. The molecule has 3 rings (SSSR count). The summed E-state index contributed by atoms with van der Waals surface area (Å²) in [5.41, 5.74) is 2.25. The molecule has 0 saturated carbocycles. The normalized spacial score (nSPS) is 19.3. The van der Waals surface area contributed by atoms with E-state index < -0.39 is 0 Å². The van der Waals surface area contributed by atoms with Crippen LogP contribution in [-0.2, 0) is 6.54 Å². The Morgan fingerprint density at radius 1 is 1.33 bits per heavy atom. The molecule has 0 bridgehead atoms. The van der Waals surface area contributed by atoms with Gasteiger partial charge in [-0.05, 0) is 37.6 Å². The predicted molar refractivity (Wildman–Crippen MR) is 74.1 cm³/mol. The third-order valence-electron chi connectivity index (χ3n) is 3.35. The first-order valence-corrected chi connectivity index (χ1v) is 6.97. The molecule has 1 aliphatic rings. The predicted octanol–water partition coefficient (Wildman–Crippen LogP) is 2.32. The van der Waals surface area contributed by atoms with Crippen LogP contribution in [0.4, 0.5) is 0 Å². The van der Waals surface area contributed by atoms with E-state index in [9.17, 15) is 0 Å². The summed E-state index contributed by atoms with van der Waals surface area (Å²) in [6, 6.07) is 8.27. The summed E-state index contributed by atoms with van der Waals surface area (Å²) in [5, 5.41) is 11.6. The van der Waals surface area contributed by atoms with E-state index in [-0.39, 0.29) is 0 Å². The van der Waals surface area contributed by atoms with E-state index >= 15 is 0 Å². The van der Waals surface area contributed by atoms with Crippen LogP contribution in [0.1, 0.15) is 6.42 Å². The maximum atomic E-state index is 4.21. The van der Waals surface area contributed by atoms with E-state index in [1.165, 1.54) is 6.42 Å². The minimum atomic E-state index is 0.667. The number of benzene rings is 1.